The molecular weight excluding hydrogens is 376 g/mol. The first-order chi connectivity index (χ1) is 13.5. The molecule has 0 radical (unpaired) electrons. The molecule has 0 spiro atoms. The monoisotopic (exact) mass is 400 g/mol. The Kier molecular flexibility index (Phi) is 5.03. The van der Waals surface area contributed by atoms with Crippen LogP contribution >= 0.6 is 11.3 Å². The van der Waals surface area contributed by atoms with Crippen LogP contribution in [0, 0.1) is 13.8 Å². The van der Waals surface area contributed by atoms with Gasteiger partial charge in [0, 0.05) is 45.6 Å². The fourth-order valence-corrected chi connectivity index (χ4v) is 4.74. The number of hydrogen-bond donors (Lipinski definition) is 0. The first kappa shape index (κ1) is 18.8. The number of aromatic nitrogens is 4. The molecule has 28 heavy (non-hydrogen) atoms. The largest absolute Gasteiger partial charge is 0.465 e. The van der Waals surface area contributed by atoms with Gasteiger partial charge in [-0.2, -0.15) is 0 Å². The number of aryl methyl sites for hydroxylation is 3. The number of fused-ring (bicyclic) bond motifs is 1. The van der Waals surface area contributed by atoms with Crippen molar-refractivity contribution < 1.29 is 9.53 Å². The Bertz CT molecular complexity index is 1020. The molecule has 0 aromatic carbocycles. The Balaban J connectivity index is 1.58. The lowest BCUT2D eigenvalue weighted by Gasteiger charge is -2.35. The van der Waals surface area contributed by atoms with E-state index in [1.165, 1.54) is 18.4 Å². The summed E-state index contributed by atoms with van der Waals surface area (Å²) < 4.78 is 6.99. The van der Waals surface area contributed by atoms with Crippen molar-refractivity contribution in [3.05, 3.63) is 34.5 Å². The van der Waals surface area contributed by atoms with Gasteiger partial charge in [-0.1, -0.05) is 0 Å². The quantitative estimate of drug-likeness (QED) is 0.621. The van der Waals surface area contributed by atoms with Gasteiger partial charge in [0.25, 0.3) is 0 Å². The van der Waals surface area contributed by atoms with Crippen LogP contribution in [0.2, 0.25) is 0 Å². The van der Waals surface area contributed by atoms with Crippen molar-refractivity contribution in [2.75, 3.05) is 38.2 Å². The Morgan fingerprint density at radius 3 is 2.61 bits per heavy atom. The number of esters is 1. The molecule has 4 heterocycles. The molecule has 0 unspecified atom stereocenters. The standard InChI is InChI=1S/C19H24N6O2S/c1-12-15-17(21-13(2)22-18(15)28-16(12)19(26)27-4)25-9-7-24(8-10-25)11-14-20-5-6-23(14)3/h5-6H,7-11H2,1-4H3. The summed E-state index contributed by atoms with van der Waals surface area (Å²) in [6.45, 7) is 8.31. The van der Waals surface area contributed by atoms with Crippen LogP contribution in [0.25, 0.3) is 10.2 Å². The Labute approximate surface area is 167 Å². The summed E-state index contributed by atoms with van der Waals surface area (Å²) in [5, 5.41) is 0.966. The van der Waals surface area contributed by atoms with Crippen LogP contribution in [0.5, 0.6) is 0 Å². The summed E-state index contributed by atoms with van der Waals surface area (Å²) in [4.78, 5) is 32.0. The third-order valence-electron chi connectivity index (χ3n) is 5.21. The van der Waals surface area contributed by atoms with Gasteiger partial charge < -0.3 is 14.2 Å². The van der Waals surface area contributed by atoms with Gasteiger partial charge >= 0.3 is 5.97 Å². The second-order valence-corrected chi connectivity index (χ2v) is 8.04. The fraction of sp³-hybridized carbons (Fsp3) is 0.474. The molecule has 148 valence electrons. The normalized spacial score (nSPS) is 15.4. The summed E-state index contributed by atoms with van der Waals surface area (Å²) in [6, 6.07) is 0. The molecule has 0 aliphatic carbocycles. The average Bonchev–Trinajstić information content (AvgIpc) is 3.24. The first-order valence-corrected chi connectivity index (χ1v) is 10.1. The highest BCUT2D eigenvalue weighted by atomic mass is 32.1. The highest BCUT2D eigenvalue weighted by Gasteiger charge is 2.25. The Morgan fingerprint density at radius 1 is 1.21 bits per heavy atom. The van der Waals surface area contributed by atoms with E-state index in [-0.39, 0.29) is 5.97 Å². The predicted molar refractivity (Wildman–Crippen MR) is 109 cm³/mol. The Hall–Kier alpha value is -2.52. The number of carbonyl (C=O) groups excluding carboxylic acids is 1. The summed E-state index contributed by atoms with van der Waals surface area (Å²) >= 11 is 1.38. The van der Waals surface area contributed by atoms with Crippen LogP contribution in [0.1, 0.15) is 26.9 Å². The number of piperazine rings is 1. The van der Waals surface area contributed by atoms with E-state index in [4.69, 9.17) is 9.72 Å². The van der Waals surface area contributed by atoms with Crippen LogP contribution in [-0.2, 0) is 18.3 Å². The SMILES string of the molecule is COC(=O)c1sc2nc(C)nc(N3CCN(Cc4nccn4C)CC3)c2c1C. The highest BCUT2D eigenvalue weighted by molar-refractivity contribution is 7.20. The molecule has 0 bridgehead atoms. The minimum atomic E-state index is -0.316. The van der Waals surface area contributed by atoms with Crippen molar-refractivity contribution in [2.45, 2.75) is 20.4 Å². The number of nitrogens with zero attached hydrogens (tertiary/aromatic N) is 6. The van der Waals surface area contributed by atoms with Gasteiger partial charge in [-0.05, 0) is 19.4 Å². The molecule has 3 aromatic rings. The molecule has 1 saturated heterocycles. The first-order valence-electron chi connectivity index (χ1n) is 9.27. The molecule has 0 atom stereocenters. The fourth-order valence-electron chi connectivity index (χ4n) is 3.60. The summed E-state index contributed by atoms with van der Waals surface area (Å²) in [7, 11) is 3.43. The lowest BCUT2D eigenvalue weighted by atomic mass is 10.2. The van der Waals surface area contributed by atoms with Gasteiger partial charge in [0.05, 0.1) is 19.0 Å². The molecule has 1 aliphatic rings. The van der Waals surface area contributed by atoms with Gasteiger partial charge in [0.1, 0.15) is 27.2 Å². The second kappa shape index (κ2) is 7.48. The van der Waals surface area contributed by atoms with Crippen LogP contribution in [0.4, 0.5) is 5.82 Å². The third-order valence-corrected chi connectivity index (χ3v) is 6.38. The van der Waals surface area contributed by atoms with Crippen molar-refractivity contribution in [1.29, 1.82) is 0 Å². The maximum Gasteiger partial charge on any atom is 0.348 e. The third kappa shape index (κ3) is 3.35. The topological polar surface area (TPSA) is 76.4 Å². The molecule has 9 heteroatoms. The zero-order valence-corrected chi connectivity index (χ0v) is 17.4. The number of methoxy groups -OCH3 is 1. The summed E-state index contributed by atoms with van der Waals surface area (Å²) in [5.41, 5.74) is 0.900. The van der Waals surface area contributed by atoms with E-state index in [0.717, 1.165) is 66.0 Å². The Morgan fingerprint density at radius 2 is 1.96 bits per heavy atom. The van der Waals surface area contributed by atoms with Crippen LogP contribution < -0.4 is 4.90 Å². The van der Waals surface area contributed by atoms with Crippen LogP contribution in [0.3, 0.4) is 0 Å². The number of imidazole rings is 1. The smallest absolute Gasteiger partial charge is 0.348 e. The number of anilines is 1. The molecule has 3 aromatic heterocycles. The van der Waals surface area contributed by atoms with Gasteiger partial charge in [-0.3, -0.25) is 4.90 Å². The molecule has 4 rings (SSSR count). The minimum absolute atomic E-state index is 0.316. The number of carbonyl (C=O) groups is 1. The molecule has 0 amide bonds. The van der Waals surface area contributed by atoms with E-state index in [9.17, 15) is 4.79 Å². The van der Waals surface area contributed by atoms with Gasteiger partial charge in [0.15, 0.2) is 0 Å². The zero-order valence-electron chi connectivity index (χ0n) is 16.6. The van der Waals surface area contributed by atoms with Crippen molar-refractivity contribution in [3.8, 4) is 0 Å². The van der Waals surface area contributed by atoms with Crippen LogP contribution in [-0.4, -0.2) is 63.7 Å². The van der Waals surface area contributed by atoms with Crippen molar-refractivity contribution in [2.24, 2.45) is 7.05 Å². The molecule has 1 aliphatic heterocycles. The minimum Gasteiger partial charge on any atom is -0.465 e. The van der Waals surface area contributed by atoms with Gasteiger partial charge in [-0.25, -0.2) is 19.7 Å². The number of ether oxygens (including phenoxy) is 1. The van der Waals surface area contributed by atoms with E-state index in [1.54, 1.807) is 0 Å². The van der Waals surface area contributed by atoms with Crippen molar-refractivity contribution >= 4 is 33.3 Å². The maximum atomic E-state index is 12.1. The van der Waals surface area contributed by atoms with Gasteiger partial charge in [-0.15, -0.1) is 11.3 Å². The van der Waals surface area contributed by atoms with E-state index < -0.39 is 0 Å². The second-order valence-electron chi connectivity index (χ2n) is 7.04. The number of rotatable bonds is 4. The zero-order chi connectivity index (χ0) is 19.8. The maximum absolute atomic E-state index is 12.1. The lowest BCUT2D eigenvalue weighted by Crippen LogP contribution is -2.46. The number of thiophene rings is 1. The molecule has 0 saturated carbocycles. The highest BCUT2D eigenvalue weighted by Crippen LogP contribution is 2.36. The van der Waals surface area contributed by atoms with E-state index in [2.05, 4.69) is 24.3 Å². The lowest BCUT2D eigenvalue weighted by molar-refractivity contribution is 0.0605. The molecular formula is C19H24N6O2S. The molecule has 1 fully saturated rings. The van der Waals surface area contributed by atoms with Crippen molar-refractivity contribution in [3.63, 3.8) is 0 Å². The van der Waals surface area contributed by atoms with E-state index >= 15 is 0 Å². The number of hydrogen-bond acceptors (Lipinski definition) is 8. The van der Waals surface area contributed by atoms with Crippen molar-refractivity contribution in [1.82, 2.24) is 24.4 Å². The van der Waals surface area contributed by atoms with E-state index in [1.807, 2.05) is 33.3 Å². The van der Waals surface area contributed by atoms with Crippen LogP contribution in [0.15, 0.2) is 12.4 Å². The predicted octanol–water partition coefficient (Wildman–Crippen LogP) is 2.15. The van der Waals surface area contributed by atoms with E-state index in [0.29, 0.717) is 4.88 Å². The summed E-state index contributed by atoms with van der Waals surface area (Å²) in [5.74, 6) is 2.40. The van der Waals surface area contributed by atoms with Gasteiger partial charge in [0.2, 0.25) is 0 Å². The average molecular weight is 401 g/mol. The molecule has 8 nitrogen and oxygen atoms in total. The molecule has 0 N–H and O–H groups in total. The summed E-state index contributed by atoms with van der Waals surface area (Å²) in [6.07, 6.45) is 3.81.